The summed E-state index contributed by atoms with van der Waals surface area (Å²) in [6.07, 6.45) is -2.12. The maximum atomic E-state index is 12.8. The Labute approximate surface area is 221 Å². The number of aromatic amines is 1. The number of hydrogen-bond acceptors (Lipinski definition) is 9. The van der Waals surface area contributed by atoms with Crippen LogP contribution in [0.5, 0.6) is 0 Å². The van der Waals surface area contributed by atoms with Crippen molar-refractivity contribution >= 4 is 45.9 Å². The molecule has 0 bridgehead atoms. The van der Waals surface area contributed by atoms with E-state index in [4.69, 9.17) is 21.1 Å². The first-order valence-electron chi connectivity index (χ1n) is 11.8. The highest BCUT2D eigenvalue weighted by Crippen LogP contribution is 2.30. The Balaban J connectivity index is 1.77. The van der Waals surface area contributed by atoms with Crippen LogP contribution in [0.25, 0.3) is 0 Å². The molecule has 37 heavy (non-hydrogen) atoms. The van der Waals surface area contributed by atoms with Crippen LogP contribution in [0.1, 0.15) is 63.7 Å². The molecular formula is C22H29ClF2N6O5S. The number of nitrogens with one attached hydrogen (secondary N) is 3. The first kappa shape index (κ1) is 28.7. The minimum atomic E-state index is -2.75. The average molecular weight is 563 g/mol. The number of hydrogen-bond donors (Lipinski definition) is 3. The highest BCUT2D eigenvalue weighted by Gasteiger charge is 2.35. The van der Waals surface area contributed by atoms with Gasteiger partial charge in [-0.1, -0.05) is 29.9 Å². The number of thiazole rings is 1. The molecule has 0 aliphatic carbocycles. The molecule has 1 saturated heterocycles. The number of esters is 1. The van der Waals surface area contributed by atoms with Crippen molar-refractivity contribution < 1.29 is 32.6 Å². The van der Waals surface area contributed by atoms with Crippen LogP contribution in [0, 0.1) is 0 Å². The van der Waals surface area contributed by atoms with Gasteiger partial charge >= 0.3 is 5.97 Å². The number of aromatic nitrogens is 3. The fraction of sp³-hybridized carbons (Fsp3) is 0.591. The highest BCUT2D eigenvalue weighted by atomic mass is 35.5. The van der Waals surface area contributed by atoms with Gasteiger partial charge in [-0.15, -0.1) is 0 Å². The molecule has 0 spiro atoms. The average Bonchev–Trinajstić information content (AvgIpc) is 3.48. The molecule has 0 saturated carbocycles. The van der Waals surface area contributed by atoms with Crippen molar-refractivity contribution in [3.05, 3.63) is 27.2 Å². The lowest BCUT2D eigenvalue weighted by molar-refractivity contribution is 0.0271. The zero-order valence-corrected chi connectivity index (χ0v) is 22.2. The van der Waals surface area contributed by atoms with Crippen LogP contribution in [-0.2, 0) is 15.9 Å². The molecule has 0 radical (unpaired) electrons. The highest BCUT2D eigenvalue weighted by molar-refractivity contribution is 7.17. The Kier molecular flexibility index (Phi) is 10.2. The number of aryl methyl sites for hydroxylation is 1. The summed E-state index contributed by atoms with van der Waals surface area (Å²) in [6.45, 7) is 5.63. The molecule has 1 fully saturated rings. The lowest BCUT2D eigenvalue weighted by atomic mass is 10.0. The van der Waals surface area contributed by atoms with E-state index in [1.165, 1.54) is 0 Å². The second-order valence-corrected chi connectivity index (χ2v) is 9.35. The summed E-state index contributed by atoms with van der Waals surface area (Å²) in [7, 11) is 0. The van der Waals surface area contributed by atoms with Gasteiger partial charge in [-0.3, -0.25) is 9.59 Å². The number of alkyl halides is 2. The van der Waals surface area contributed by atoms with E-state index in [1.54, 1.807) is 6.92 Å². The summed E-state index contributed by atoms with van der Waals surface area (Å²) in [6, 6.07) is -0.351. The van der Waals surface area contributed by atoms with E-state index in [0.29, 0.717) is 43.4 Å². The van der Waals surface area contributed by atoms with Crippen LogP contribution in [0.3, 0.4) is 0 Å². The van der Waals surface area contributed by atoms with Crippen molar-refractivity contribution in [3.63, 3.8) is 0 Å². The fourth-order valence-electron chi connectivity index (χ4n) is 3.79. The molecule has 3 rings (SSSR count). The number of rotatable bonds is 11. The molecule has 204 valence electrons. The quantitative estimate of drug-likeness (QED) is 0.355. The van der Waals surface area contributed by atoms with Crippen LogP contribution < -0.4 is 15.5 Å². The molecule has 0 aromatic carbocycles. The number of piperidine rings is 1. The number of anilines is 1. The maximum Gasteiger partial charge on any atom is 0.350 e. The Bertz CT molecular complexity index is 1110. The molecule has 2 amide bonds. The zero-order valence-electron chi connectivity index (χ0n) is 20.6. The molecule has 2 atom stereocenters. The predicted octanol–water partition coefficient (Wildman–Crippen LogP) is 2.67. The summed E-state index contributed by atoms with van der Waals surface area (Å²) in [5.41, 5.74) is 0.390. The van der Waals surface area contributed by atoms with Gasteiger partial charge in [0.15, 0.2) is 21.8 Å². The number of carbonyl (C=O) groups is 3. The minimum absolute atomic E-state index is 0.0717. The molecular weight excluding hydrogens is 534 g/mol. The largest absolute Gasteiger partial charge is 0.462 e. The third kappa shape index (κ3) is 7.14. The third-order valence-electron chi connectivity index (χ3n) is 5.53. The number of amides is 2. The normalized spacial score (nSPS) is 17.6. The van der Waals surface area contributed by atoms with Gasteiger partial charge in [0.1, 0.15) is 4.88 Å². The SMILES string of the molecule is CCOC(=O)c1sc(N2CC[C@H](NC(=O)c3nc(Cl)c(CC)[nH]3)[C@H](OCC)C2)nc1C(=O)NCC(F)F. The van der Waals surface area contributed by atoms with Crippen molar-refractivity contribution in [3.8, 4) is 0 Å². The maximum absolute atomic E-state index is 12.8. The molecule has 11 nitrogen and oxygen atoms in total. The van der Waals surface area contributed by atoms with Crippen LogP contribution in [0.15, 0.2) is 0 Å². The lowest BCUT2D eigenvalue weighted by Gasteiger charge is -2.38. The summed E-state index contributed by atoms with van der Waals surface area (Å²) in [5, 5.41) is 5.59. The molecule has 15 heteroatoms. The van der Waals surface area contributed by atoms with Gasteiger partial charge < -0.3 is 30.0 Å². The van der Waals surface area contributed by atoms with Crippen molar-refractivity contribution in [1.29, 1.82) is 0 Å². The molecule has 1 aliphatic rings. The number of imidazole rings is 1. The van der Waals surface area contributed by atoms with Gasteiger partial charge in [0.05, 0.1) is 31.0 Å². The molecule has 0 unspecified atom stereocenters. The molecule has 3 heterocycles. The Hall–Kier alpha value is -2.84. The number of halogens is 3. The van der Waals surface area contributed by atoms with Gasteiger partial charge in [0.2, 0.25) is 0 Å². The summed E-state index contributed by atoms with van der Waals surface area (Å²) in [4.78, 5) is 50.7. The molecule has 1 aliphatic heterocycles. The fourth-order valence-corrected chi connectivity index (χ4v) is 5.05. The number of H-pyrrole nitrogens is 1. The molecule has 2 aromatic heterocycles. The van der Waals surface area contributed by atoms with E-state index in [1.807, 2.05) is 18.7 Å². The zero-order chi connectivity index (χ0) is 27.1. The van der Waals surface area contributed by atoms with Crippen molar-refractivity contribution in [2.24, 2.45) is 0 Å². The first-order chi connectivity index (χ1) is 17.7. The number of ether oxygens (including phenoxy) is 2. The lowest BCUT2D eigenvalue weighted by Crippen LogP contribution is -2.55. The van der Waals surface area contributed by atoms with E-state index in [2.05, 4.69) is 25.6 Å². The van der Waals surface area contributed by atoms with Gasteiger partial charge in [0, 0.05) is 19.7 Å². The van der Waals surface area contributed by atoms with Crippen molar-refractivity contribution in [1.82, 2.24) is 25.6 Å². The Morgan fingerprint density at radius 2 is 1.97 bits per heavy atom. The third-order valence-corrected chi connectivity index (χ3v) is 6.94. The van der Waals surface area contributed by atoms with Crippen LogP contribution >= 0.6 is 22.9 Å². The van der Waals surface area contributed by atoms with Gasteiger partial charge in [0.25, 0.3) is 18.2 Å². The van der Waals surface area contributed by atoms with Crippen molar-refractivity contribution in [2.75, 3.05) is 37.7 Å². The van der Waals surface area contributed by atoms with E-state index in [9.17, 15) is 23.2 Å². The first-order valence-corrected chi connectivity index (χ1v) is 13.0. The van der Waals surface area contributed by atoms with Crippen LogP contribution in [-0.4, -0.2) is 84.2 Å². The molecule has 3 N–H and O–H groups in total. The van der Waals surface area contributed by atoms with Gasteiger partial charge in [-0.05, 0) is 26.7 Å². The second kappa shape index (κ2) is 13.1. The number of carbonyl (C=O) groups excluding carboxylic acids is 3. The minimum Gasteiger partial charge on any atom is -0.462 e. The topological polar surface area (TPSA) is 139 Å². The van der Waals surface area contributed by atoms with Gasteiger partial charge in [-0.2, -0.15) is 0 Å². The van der Waals surface area contributed by atoms with E-state index >= 15 is 0 Å². The van der Waals surface area contributed by atoms with Crippen molar-refractivity contribution in [2.45, 2.75) is 52.2 Å². The summed E-state index contributed by atoms with van der Waals surface area (Å²) >= 11 is 6.99. The second-order valence-electron chi connectivity index (χ2n) is 8.01. The summed E-state index contributed by atoms with van der Waals surface area (Å²) in [5.74, 6) is -1.96. The van der Waals surface area contributed by atoms with Gasteiger partial charge in [-0.25, -0.2) is 23.5 Å². The van der Waals surface area contributed by atoms with Crippen LogP contribution in [0.4, 0.5) is 13.9 Å². The molecule has 2 aromatic rings. The Morgan fingerprint density at radius 3 is 2.59 bits per heavy atom. The predicted molar refractivity (Wildman–Crippen MR) is 133 cm³/mol. The Morgan fingerprint density at radius 1 is 1.22 bits per heavy atom. The van der Waals surface area contributed by atoms with E-state index in [0.717, 1.165) is 11.3 Å². The van der Waals surface area contributed by atoms with E-state index < -0.39 is 36.9 Å². The summed E-state index contributed by atoms with van der Waals surface area (Å²) < 4.78 is 36.1. The number of nitrogens with zero attached hydrogens (tertiary/aromatic N) is 3. The van der Waals surface area contributed by atoms with E-state index in [-0.39, 0.29) is 34.2 Å². The standard InChI is InChI=1S/C22H29ClF2N6O5S/c1-4-11-17(23)30-18(27-11)20(33)28-12-7-8-31(10-13(12)35-5-2)22-29-15(19(32)26-9-14(24)25)16(37-22)21(34)36-6-3/h12-14H,4-10H2,1-3H3,(H,26,32)(H,27,30)(H,28,33)/t12-,13+/m0/s1. The smallest absolute Gasteiger partial charge is 0.350 e. The van der Waals surface area contributed by atoms with Crippen LogP contribution in [0.2, 0.25) is 5.15 Å². The monoisotopic (exact) mass is 562 g/mol.